The number of halogens is 6. The van der Waals surface area contributed by atoms with Crippen molar-refractivity contribution in [3.63, 3.8) is 0 Å². The van der Waals surface area contributed by atoms with Gasteiger partial charge in [0.05, 0.1) is 38.8 Å². The lowest BCUT2D eigenvalue weighted by molar-refractivity contribution is 0.190. The average molecular weight is 920 g/mol. The summed E-state index contributed by atoms with van der Waals surface area (Å²) in [6, 6.07) is 0. The molecule has 0 aliphatic carbocycles. The number of nitrogens with zero attached hydrogens (tertiary/aromatic N) is 2. The van der Waals surface area contributed by atoms with Gasteiger partial charge >= 0.3 is 15.2 Å². The third kappa shape index (κ3) is 41.4. The lowest BCUT2D eigenvalue weighted by Gasteiger charge is -2.25. The first kappa shape index (κ1) is 68.5. The normalized spacial score (nSPS) is 13.0. The van der Waals surface area contributed by atoms with E-state index in [-0.39, 0.29) is 74.4 Å². The van der Waals surface area contributed by atoms with Gasteiger partial charge in [-0.25, -0.2) is 0 Å². The number of hydrogen-bond acceptors (Lipinski definition) is 12. The van der Waals surface area contributed by atoms with Crippen LogP contribution in [0.15, 0.2) is 0 Å². The molecule has 0 saturated carbocycles. The summed E-state index contributed by atoms with van der Waals surface area (Å²) in [5, 5.41) is 0. The van der Waals surface area contributed by atoms with E-state index in [1.165, 1.54) is 0 Å². The van der Waals surface area contributed by atoms with Crippen molar-refractivity contribution in [3.8, 4) is 0 Å². The summed E-state index contributed by atoms with van der Waals surface area (Å²) in [4.78, 5) is 4.53. The van der Waals surface area contributed by atoms with E-state index in [1.54, 1.807) is 0 Å². The molecule has 0 heterocycles. The van der Waals surface area contributed by atoms with Crippen molar-refractivity contribution in [1.82, 2.24) is 9.80 Å². The van der Waals surface area contributed by atoms with Crippen molar-refractivity contribution in [2.24, 2.45) is 22.9 Å². The molecule has 0 saturated heterocycles. The molecule has 2 atom stereocenters. The van der Waals surface area contributed by atoms with Crippen LogP contribution in [0, 0.1) is 0 Å². The Bertz CT molecular complexity index is 709. The Morgan fingerprint density at radius 1 is 0.385 bits per heavy atom. The highest BCUT2D eigenvalue weighted by atomic mass is 35.5. The summed E-state index contributed by atoms with van der Waals surface area (Å²) < 4.78 is 50.5. The minimum absolute atomic E-state index is 0. The van der Waals surface area contributed by atoms with E-state index in [0.29, 0.717) is 78.0 Å². The first-order valence-corrected chi connectivity index (χ1v) is 21.8. The quantitative estimate of drug-likeness (QED) is 0.0350. The molecule has 8 N–H and O–H groups in total. The Balaban J connectivity index is -0.000000675. The third-order valence-corrected chi connectivity index (χ3v) is 11.6. The summed E-state index contributed by atoms with van der Waals surface area (Å²) in [6.07, 6.45) is 13.8. The van der Waals surface area contributed by atoms with Crippen LogP contribution in [0.4, 0.5) is 0 Å². The van der Waals surface area contributed by atoms with Crippen LogP contribution < -0.4 is 22.9 Å². The standard InChI is InChI=1S/C32H74N6O6P2.6ClH/c1-3-5-27-41-45(39,31-25-37(21-13-17-33)22-14-18-34)43-29-11-9-7-8-10-12-30-44-46(40,42-28-6-4-2)32-26-38(23-15-19-35)24-16-20-36;;;;;;/h3-36H2,1-2H3;6*1H. The maximum atomic E-state index is 13.5. The van der Waals surface area contributed by atoms with Crippen LogP contribution in [-0.4, -0.2) is 114 Å². The molecule has 0 aliphatic rings. The Kier molecular flexibility index (Phi) is 64.5. The van der Waals surface area contributed by atoms with Crippen LogP contribution in [0.2, 0.25) is 0 Å². The molecular weight excluding hydrogens is 839 g/mol. The van der Waals surface area contributed by atoms with Gasteiger partial charge < -0.3 is 50.8 Å². The summed E-state index contributed by atoms with van der Waals surface area (Å²) in [5.74, 6) is 0. The summed E-state index contributed by atoms with van der Waals surface area (Å²) in [7, 11) is -6.32. The fraction of sp³-hybridized carbons (Fsp3) is 1.00. The SMILES string of the molecule is CCCCOP(=O)(CCN(CCCN)CCCN)OCCCCCCCCOP(=O)(CCN(CCCN)CCCN)OCCCC.Cl.Cl.Cl.Cl.Cl.Cl. The van der Waals surface area contributed by atoms with Gasteiger partial charge in [-0.2, -0.15) is 0 Å². The molecular formula is C32H80Cl6N6O6P2. The highest BCUT2D eigenvalue weighted by molar-refractivity contribution is 7.54. The Morgan fingerprint density at radius 3 is 0.885 bits per heavy atom. The highest BCUT2D eigenvalue weighted by Gasteiger charge is 2.26. The van der Waals surface area contributed by atoms with Crippen LogP contribution in [0.25, 0.3) is 0 Å². The fourth-order valence-corrected chi connectivity index (χ4v) is 8.16. The molecule has 0 radical (unpaired) electrons. The number of nitrogens with two attached hydrogens (primary N) is 4. The average Bonchev–Trinajstić information content (AvgIpc) is 3.05. The Morgan fingerprint density at radius 2 is 0.635 bits per heavy atom. The van der Waals surface area contributed by atoms with E-state index >= 15 is 0 Å². The first-order valence-electron chi connectivity index (χ1n) is 18.3. The van der Waals surface area contributed by atoms with Gasteiger partial charge in [0.25, 0.3) is 0 Å². The fourth-order valence-electron chi connectivity index (χ4n) is 4.81. The lowest BCUT2D eigenvalue weighted by Crippen LogP contribution is -2.31. The second kappa shape index (κ2) is 48.9. The van der Waals surface area contributed by atoms with Gasteiger partial charge in [0.15, 0.2) is 0 Å². The molecule has 0 rings (SSSR count). The zero-order chi connectivity index (χ0) is 34.2. The molecule has 0 bridgehead atoms. The predicted molar refractivity (Wildman–Crippen MR) is 237 cm³/mol. The molecule has 0 fully saturated rings. The third-order valence-electron chi connectivity index (χ3n) is 7.78. The summed E-state index contributed by atoms with van der Waals surface area (Å²) in [5.41, 5.74) is 22.8. The van der Waals surface area contributed by atoms with E-state index < -0.39 is 15.2 Å². The molecule has 326 valence electrons. The van der Waals surface area contributed by atoms with Crippen molar-refractivity contribution in [3.05, 3.63) is 0 Å². The summed E-state index contributed by atoms with van der Waals surface area (Å²) >= 11 is 0. The smallest absolute Gasteiger partial charge is 0.330 e. The first-order chi connectivity index (χ1) is 22.3. The molecule has 0 aromatic heterocycles. The summed E-state index contributed by atoms with van der Waals surface area (Å²) in [6.45, 7) is 13.3. The Labute approximate surface area is 355 Å². The highest BCUT2D eigenvalue weighted by Crippen LogP contribution is 2.49. The molecule has 0 amide bonds. The van der Waals surface area contributed by atoms with E-state index in [1.807, 2.05) is 0 Å². The topological polar surface area (TPSA) is 182 Å². The zero-order valence-electron chi connectivity index (χ0n) is 32.2. The van der Waals surface area contributed by atoms with Crippen LogP contribution in [0.3, 0.4) is 0 Å². The van der Waals surface area contributed by atoms with Crippen molar-refractivity contribution < 1.29 is 27.2 Å². The molecule has 2 unspecified atom stereocenters. The van der Waals surface area contributed by atoms with Crippen molar-refractivity contribution >= 4 is 89.6 Å². The largest absolute Gasteiger partial charge is 0.331 e. The number of unbranched alkanes of at least 4 members (excludes halogenated alkanes) is 7. The van der Waals surface area contributed by atoms with Crippen LogP contribution in [0.1, 0.15) is 104 Å². The van der Waals surface area contributed by atoms with Gasteiger partial charge in [-0.15, -0.1) is 74.4 Å². The van der Waals surface area contributed by atoms with Crippen molar-refractivity contribution in [1.29, 1.82) is 0 Å². The van der Waals surface area contributed by atoms with Crippen molar-refractivity contribution in [2.45, 2.75) is 104 Å². The van der Waals surface area contributed by atoms with E-state index in [9.17, 15) is 9.13 Å². The molecule has 20 heteroatoms. The zero-order valence-corrected chi connectivity index (χ0v) is 38.9. The molecule has 52 heavy (non-hydrogen) atoms. The second-order valence-electron chi connectivity index (χ2n) is 12.1. The van der Waals surface area contributed by atoms with Crippen LogP contribution >= 0.6 is 89.6 Å². The predicted octanol–water partition coefficient (Wildman–Crippen LogP) is 7.91. The lowest BCUT2D eigenvalue weighted by atomic mass is 10.1. The molecule has 0 spiro atoms. The van der Waals surface area contributed by atoms with Gasteiger partial charge in [-0.3, -0.25) is 9.13 Å². The monoisotopic (exact) mass is 916 g/mol. The maximum absolute atomic E-state index is 13.5. The van der Waals surface area contributed by atoms with Crippen molar-refractivity contribution in [2.75, 3.05) is 104 Å². The number of rotatable bonds is 37. The molecule has 0 aromatic carbocycles. The van der Waals surface area contributed by atoms with E-state index in [4.69, 9.17) is 41.0 Å². The van der Waals surface area contributed by atoms with Gasteiger partial charge in [-0.1, -0.05) is 52.4 Å². The van der Waals surface area contributed by atoms with Crippen LogP contribution in [-0.2, 0) is 27.2 Å². The molecule has 12 nitrogen and oxygen atoms in total. The second-order valence-corrected chi connectivity index (χ2v) is 16.5. The van der Waals surface area contributed by atoms with E-state index in [2.05, 4.69) is 23.6 Å². The van der Waals surface area contributed by atoms with Gasteiger partial charge in [0, 0.05) is 13.1 Å². The molecule has 0 aliphatic heterocycles. The van der Waals surface area contributed by atoms with Gasteiger partial charge in [0.1, 0.15) is 0 Å². The van der Waals surface area contributed by atoms with E-state index in [0.717, 1.165) is 116 Å². The van der Waals surface area contributed by atoms with Crippen LogP contribution in [0.5, 0.6) is 0 Å². The Hall–Kier alpha value is 1.80. The minimum atomic E-state index is -3.16. The maximum Gasteiger partial charge on any atom is 0.331 e. The molecule has 0 aromatic rings. The van der Waals surface area contributed by atoms with Gasteiger partial charge in [0.2, 0.25) is 0 Å². The van der Waals surface area contributed by atoms with Gasteiger partial charge in [-0.05, 0) is 104 Å². The minimum Gasteiger partial charge on any atom is -0.330 e. The number of hydrogen-bond donors (Lipinski definition) is 4.